The fourth-order valence-electron chi connectivity index (χ4n) is 2.72. The van der Waals surface area contributed by atoms with Crippen LogP contribution in [0.5, 0.6) is 5.88 Å². The van der Waals surface area contributed by atoms with Crippen LogP contribution in [0.1, 0.15) is 21.6 Å². The molecule has 0 aliphatic heterocycles. The van der Waals surface area contributed by atoms with Gasteiger partial charge in [-0.3, -0.25) is 13.9 Å². The molecule has 12 heteroatoms. The number of carbonyl (C=O) groups is 1. The SMILES string of the molecule is CNC(=O)c1ccc(-n2cc(O)n(-c3cnc(C#N)c(C(F)(F)F)c3)c2=S)cc1F. The number of benzene rings is 1. The first-order chi connectivity index (χ1) is 14.1. The first-order valence-corrected chi connectivity index (χ1v) is 8.52. The third-order valence-corrected chi connectivity index (χ3v) is 4.50. The van der Waals surface area contributed by atoms with E-state index in [0.29, 0.717) is 6.07 Å². The Morgan fingerprint density at radius 1 is 1.30 bits per heavy atom. The van der Waals surface area contributed by atoms with E-state index in [1.165, 1.54) is 25.2 Å². The topological polar surface area (TPSA) is 95.9 Å². The molecular formula is C18H11F4N5O2S. The second-order valence-electron chi connectivity index (χ2n) is 5.92. The van der Waals surface area contributed by atoms with Gasteiger partial charge in [-0.1, -0.05) is 0 Å². The second kappa shape index (κ2) is 7.60. The Labute approximate surface area is 171 Å². The number of hydrogen-bond donors (Lipinski definition) is 2. The average Bonchev–Trinajstić information content (AvgIpc) is 3.00. The summed E-state index contributed by atoms with van der Waals surface area (Å²) < 4.78 is 55.7. The van der Waals surface area contributed by atoms with Crippen LogP contribution in [0, 0.1) is 21.9 Å². The number of halogens is 4. The zero-order valence-electron chi connectivity index (χ0n) is 15.0. The van der Waals surface area contributed by atoms with Gasteiger partial charge in [0.1, 0.15) is 11.9 Å². The number of nitrogens with zero attached hydrogens (tertiary/aromatic N) is 4. The summed E-state index contributed by atoms with van der Waals surface area (Å²) >= 11 is 5.22. The lowest BCUT2D eigenvalue weighted by Crippen LogP contribution is -2.19. The molecular weight excluding hydrogens is 426 g/mol. The number of carbonyl (C=O) groups excluding carboxylic acids is 1. The predicted molar refractivity (Wildman–Crippen MR) is 98.5 cm³/mol. The Kier molecular flexibility index (Phi) is 5.32. The Balaban J connectivity index is 2.15. The van der Waals surface area contributed by atoms with Gasteiger partial charge in [0.05, 0.1) is 34.9 Å². The maximum Gasteiger partial charge on any atom is 0.419 e. The Hall–Kier alpha value is -3.72. The predicted octanol–water partition coefficient (Wildman–Crippen LogP) is 3.49. The number of imidazole rings is 1. The monoisotopic (exact) mass is 437 g/mol. The van der Waals surface area contributed by atoms with Gasteiger partial charge in [0.15, 0.2) is 10.5 Å². The number of hydrogen-bond acceptors (Lipinski definition) is 5. The van der Waals surface area contributed by atoms with Gasteiger partial charge in [-0.2, -0.15) is 18.4 Å². The van der Waals surface area contributed by atoms with Crippen LogP contribution in [-0.4, -0.2) is 32.2 Å². The average molecular weight is 437 g/mol. The van der Waals surface area contributed by atoms with E-state index < -0.39 is 35.0 Å². The summed E-state index contributed by atoms with van der Waals surface area (Å²) in [5.41, 5.74) is -2.47. The minimum absolute atomic E-state index is 0.122. The molecule has 2 N–H and O–H groups in total. The molecule has 2 heterocycles. The van der Waals surface area contributed by atoms with Crippen molar-refractivity contribution in [3.05, 3.63) is 64.1 Å². The van der Waals surface area contributed by atoms with Gasteiger partial charge < -0.3 is 10.4 Å². The summed E-state index contributed by atoms with van der Waals surface area (Å²) in [5.74, 6) is -2.05. The molecule has 0 saturated carbocycles. The van der Waals surface area contributed by atoms with Crippen LogP contribution in [-0.2, 0) is 6.18 Å². The molecule has 0 saturated heterocycles. The van der Waals surface area contributed by atoms with Gasteiger partial charge in [-0.25, -0.2) is 9.37 Å². The second-order valence-corrected chi connectivity index (χ2v) is 6.28. The van der Waals surface area contributed by atoms with Crippen molar-refractivity contribution in [2.24, 2.45) is 0 Å². The molecule has 0 spiro atoms. The molecule has 0 aliphatic rings. The van der Waals surface area contributed by atoms with E-state index in [9.17, 15) is 27.5 Å². The van der Waals surface area contributed by atoms with Crippen molar-refractivity contribution in [2.75, 3.05) is 7.05 Å². The van der Waals surface area contributed by atoms with Gasteiger partial charge in [0, 0.05) is 7.05 Å². The molecule has 0 fully saturated rings. The highest BCUT2D eigenvalue weighted by Gasteiger charge is 2.35. The summed E-state index contributed by atoms with van der Waals surface area (Å²) in [6.45, 7) is 0. The van der Waals surface area contributed by atoms with Gasteiger partial charge in [-0.15, -0.1) is 0 Å². The third-order valence-electron chi connectivity index (χ3n) is 4.12. The van der Waals surface area contributed by atoms with Crippen molar-refractivity contribution in [1.29, 1.82) is 5.26 Å². The molecule has 0 atom stereocenters. The number of alkyl halides is 3. The van der Waals surface area contributed by atoms with E-state index in [1.807, 2.05) is 0 Å². The fraction of sp³-hybridized carbons (Fsp3) is 0.111. The quantitative estimate of drug-likeness (QED) is 0.483. The molecule has 7 nitrogen and oxygen atoms in total. The van der Waals surface area contributed by atoms with Crippen LogP contribution in [0.2, 0.25) is 0 Å². The number of pyridine rings is 1. The fourth-order valence-corrected chi connectivity index (χ4v) is 3.07. The maximum atomic E-state index is 14.3. The Morgan fingerprint density at radius 3 is 2.57 bits per heavy atom. The lowest BCUT2D eigenvalue weighted by molar-refractivity contribution is -0.138. The molecule has 0 aliphatic carbocycles. The molecule has 2 aromatic heterocycles. The first-order valence-electron chi connectivity index (χ1n) is 8.11. The van der Waals surface area contributed by atoms with Crippen LogP contribution in [0.15, 0.2) is 36.7 Å². The molecule has 30 heavy (non-hydrogen) atoms. The van der Waals surface area contributed by atoms with Crippen molar-refractivity contribution in [3.8, 4) is 23.3 Å². The lowest BCUT2D eigenvalue weighted by atomic mass is 10.2. The highest BCUT2D eigenvalue weighted by Crippen LogP contribution is 2.33. The summed E-state index contributed by atoms with van der Waals surface area (Å²) in [6.07, 6.45) is -2.84. The number of nitrogens with one attached hydrogen (secondary N) is 1. The van der Waals surface area contributed by atoms with Crippen molar-refractivity contribution in [2.45, 2.75) is 6.18 Å². The molecule has 3 aromatic rings. The van der Waals surface area contributed by atoms with Crippen LogP contribution in [0.3, 0.4) is 0 Å². The lowest BCUT2D eigenvalue weighted by Gasteiger charge is -2.11. The van der Waals surface area contributed by atoms with E-state index in [2.05, 4.69) is 10.3 Å². The first kappa shape index (κ1) is 21.0. The molecule has 0 bridgehead atoms. The number of amides is 1. The van der Waals surface area contributed by atoms with Gasteiger partial charge in [0.25, 0.3) is 5.91 Å². The number of aromatic nitrogens is 3. The zero-order valence-corrected chi connectivity index (χ0v) is 15.8. The highest BCUT2D eigenvalue weighted by atomic mass is 32.1. The summed E-state index contributed by atoms with van der Waals surface area (Å²) in [5, 5.41) is 21.4. The zero-order chi connectivity index (χ0) is 22.2. The summed E-state index contributed by atoms with van der Waals surface area (Å²) in [7, 11) is 1.34. The van der Waals surface area contributed by atoms with E-state index in [0.717, 1.165) is 27.6 Å². The van der Waals surface area contributed by atoms with Crippen molar-refractivity contribution >= 4 is 18.1 Å². The van der Waals surface area contributed by atoms with Crippen molar-refractivity contribution < 1.29 is 27.5 Å². The number of nitriles is 1. The van der Waals surface area contributed by atoms with Crippen LogP contribution >= 0.6 is 12.2 Å². The van der Waals surface area contributed by atoms with Crippen molar-refractivity contribution in [3.63, 3.8) is 0 Å². The van der Waals surface area contributed by atoms with Gasteiger partial charge in [0.2, 0.25) is 5.88 Å². The molecule has 1 aromatic carbocycles. The minimum atomic E-state index is -4.85. The molecule has 0 unspecified atom stereocenters. The van der Waals surface area contributed by atoms with E-state index in [4.69, 9.17) is 17.5 Å². The standard InChI is InChI=1S/C18H11F4N5O2S/c1-24-16(29)11-3-2-9(5-13(11)19)26-8-15(28)27(17(26)30)10-4-12(18(20,21)22)14(6-23)25-7-10/h2-5,7-8,28H,1H3,(H,24,29). The Morgan fingerprint density at radius 2 is 2.00 bits per heavy atom. The van der Waals surface area contributed by atoms with E-state index in [-0.39, 0.29) is 21.7 Å². The number of rotatable bonds is 3. The maximum absolute atomic E-state index is 14.3. The summed E-state index contributed by atoms with van der Waals surface area (Å²) in [4.78, 5) is 15.1. The van der Waals surface area contributed by atoms with Crippen LogP contribution < -0.4 is 5.32 Å². The summed E-state index contributed by atoms with van der Waals surface area (Å²) in [6, 6.07) is 5.52. The minimum Gasteiger partial charge on any atom is -0.493 e. The third kappa shape index (κ3) is 3.62. The van der Waals surface area contributed by atoms with Crippen LogP contribution in [0.4, 0.5) is 17.6 Å². The molecule has 154 valence electrons. The largest absolute Gasteiger partial charge is 0.493 e. The molecule has 0 radical (unpaired) electrons. The van der Waals surface area contributed by atoms with Gasteiger partial charge in [-0.05, 0) is 36.5 Å². The van der Waals surface area contributed by atoms with Crippen molar-refractivity contribution in [1.82, 2.24) is 19.4 Å². The molecule has 3 rings (SSSR count). The van der Waals surface area contributed by atoms with Gasteiger partial charge >= 0.3 is 6.18 Å². The van der Waals surface area contributed by atoms with Crippen LogP contribution in [0.25, 0.3) is 11.4 Å². The Bertz CT molecular complexity index is 1260. The molecule has 1 amide bonds. The number of aromatic hydroxyl groups is 1. The highest BCUT2D eigenvalue weighted by molar-refractivity contribution is 7.71. The normalized spacial score (nSPS) is 11.2. The van der Waals surface area contributed by atoms with E-state index >= 15 is 0 Å². The van der Waals surface area contributed by atoms with E-state index in [1.54, 1.807) is 0 Å². The smallest absolute Gasteiger partial charge is 0.419 e.